The SMILES string of the molecule is Cc1ccc(/C(=C\c2ccccc2Cl)C(=O)N(OS(C)(=O)=O)C(=N)N)cn1. The number of guanidine groups is 1. The summed E-state index contributed by atoms with van der Waals surface area (Å²) in [6.45, 7) is 1.78. The molecule has 0 saturated carbocycles. The molecule has 0 unspecified atom stereocenters. The zero-order valence-corrected chi connectivity index (χ0v) is 16.1. The number of aryl methyl sites for hydroxylation is 1. The number of carbonyl (C=O) groups is 1. The van der Waals surface area contributed by atoms with Crippen molar-refractivity contribution in [3.63, 3.8) is 0 Å². The molecule has 0 spiro atoms. The predicted octanol–water partition coefficient (Wildman–Crippen LogP) is 2.20. The molecule has 1 aromatic heterocycles. The maximum Gasteiger partial charge on any atom is 0.286 e. The van der Waals surface area contributed by atoms with E-state index in [1.165, 1.54) is 12.3 Å². The highest BCUT2D eigenvalue weighted by Gasteiger charge is 2.27. The Morgan fingerprint density at radius 2 is 1.96 bits per heavy atom. The van der Waals surface area contributed by atoms with Crippen LogP contribution in [0.3, 0.4) is 0 Å². The number of halogens is 1. The second-order valence-electron chi connectivity index (χ2n) is 5.53. The maximum absolute atomic E-state index is 12.9. The van der Waals surface area contributed by atoms with Crippen molar-refractivity contribution in [2.24, 2.45) is 5.73 Å². The average Bonchev–Trinajstić information content (AvgIpc) is 2.58. The van der Waals surface area contributed by atoms with E-state index in [0.717, 1.165) is 11.9 Å². The molecule has 0 atom stereocenters. The van der Waals surface area contributed by atoms with Gasteiger partial charge in [0.2, 0.25) is 5.96 Å². The lowest BCUT2D eigenvalue weighted by Crippen LogP contribution is -2.42. The molecule has 1 aromatic carbocycles. The highest BCUT2D eigenvalue weighted by Crippen LogP contribution is 2.25. The van der Waals surface area contributed by atoms with E-state index < -0.39 is 22.0 Å². The first-order valence-electron chi connectivity index (χ1n) is 7.56. The van der Waals surface area contributed by atoms with Gasteiger partial charge in [0.05, 0.1) is 11.8 Å². The number of aromatic nitrogens is 1. The van der Waals surface area contributed by atoms with Gasteiger partial charge in [0, 0.05) is 22.5 Å². The molecule has 0 aliphatic heterocycles. The third-order valence-electron chi connectivity index (χ3n) is 3.27. The zero-order chi connectivity index (χ0) is 20.2. The monoisotopic (exact) mass is 408 g/mol. The van der Waals surface area contributed by atoms with Crippen LogP contribution < -0.4 is 5.73 Å². The third kappa shape index (κ3) is 5.61. The number of hydrogen-bond donors (Lipinski definition) is 2. The maximum atomic E-state index is 12.9. The van der Waals surface area contributed by atoms with Crippen LogP contribution in [0.1, 0.15) is 16.8 Å². The smallest absolute Gasteiger partial charge is 0.286 e. The summed E-state index contributed by atoms with van der Waals surface area (Å²) in [6.07, 6.45) is 3.62. The molecular weight excluding hydrogens is 392 g/mol. The summed E-state index contributed by atoms with van der Waals surface area (Å²) >= 11 is 6.16. The van der Waals surface area contributed by atoms with Crippen molar-refractivity contribution >= 4 is 45.2 Å². The normalized spacial score (nSPS) is 11.9. The number of nitrogens with one attached hydrogen (secondary N) is 1. The van der Waals surface area contributed by atoms with Gasteiger partial charge in [0.15, 0.2) is 0 Å². The van der Waals surface area contributed by atoms with E-state index in [9.17, 15) is 13.2 Å². The van der Waals surface area contributed by atoms with Crippen molar-refractivity contribution in [2.75, 3.05) is 6.26 Å². The first kappa shape index (κ1) is 20.6. The number of amides is 1. The Hall–Kier alpha value is -2.75. The summed E-state index contributed by atoms with van der Waals surface area (Å²) in [7, 11) is -4.10. The predicted molar refractivity (Wildman–Crippen MR) is 103 cm³/mol. The molecule has 2 rings (SSSR count). The molecule has 2 aromatic rings. The number of rotatable bonds is 5. The van der Waals surface area contributed by atoms with E-state index in [1.54, 1.807) is 43.3 Å². The third-order valence-corrected chi connectivity index (χ3v) is 4.04. The minimum Gasteiger partial charge on any atom is -0.368 e. The molecule has 0 aliphatic carbocycles. The van der Waals surface area contributed by atoms with Crippen LogP contribution in [0.5, 0.6) is 0 Å². The largest absolute Gasteiger partial charge is 0.368 e. The highest BCUT2D eigenvalue weighted by molar-refractivity contribution is 7.85. The number of pyridine rings is 1. The fraction of sp³-hybridized carbons (Fsp3) is 0.118. The molecule has 10 heteroatoms. The standard InChI is InChI=1S/C17H17ClN4O4S/c1-11-7-8-13(10-21-11)14(9-12-5-3-4-6-15(12)18)16(23)22(17(19)20)26-27(2,24)25/h3-10H,1-2H3,(H3,19,20)/b14-9+. The van der Waals surface area contributed by atoms with Gasteiger partial charge in [-0.25, -0.2) is 0 Å². The number of benzene rings is 1. The fourth-order valence-electron chi connectivity index (χ4n) is 2.07. The van der Waals surface area contributed by atoms with E-state index in [1.807, 2.05) is 0 Å². The van der Waals surface area contributed by atoms with E-state index >= 15 is 0 Å². The van der Waals surface area contributed by atoms with Crippen molar-refractivity contribution in [2.45, 2.75) is 6.92 Å². The van der Waals surface area contributed by atoms with Crippen LogP contribution in [0, 0.1) is 12.3 Å². The fourth-order valence-corrected chi connectivity index (χ4v) is 2.68. The van der Waals surface area contributed by atoms with Gasteiger partial charge in [0.25, 0.3) is 16.0 Å². The van der Waals surface area contributed by atoms with Gasteiger partial charge in [-0.15, -0.1) is 9.35 Å². The molecule has 0 aliphatic rings. The van der Waals surface area contributed by atoms with Crippen molar-refractivity contribution in [1.82, 2.24) is 10.0 Å². The van der Waals surface area contributed by atoms with Crippen LogP contribution in [0.25, 0.3) is 11.6 Å². The quantitative estimate of drug-likeness (QED) is 0.338. The van der Waals surface area contributed by atoms with Gasteiger partial charge in [-0.3, -0.25) is 15.2 Å². The van der Waals surface area contributed by atoms with Crippen molar-refractivity contribution in [1.29, 1.82) is 5.41 Å². The first-order valence-corrected chi connectivity index (χ1v) is 9.75. The molecular formula is C17H17ClN4O4S. The van der Waals surface area contributed by atoms with Gasteiger partial charge >= 0.3 is 0 Å². The lowest BCUT2D eigenvalue weighted by molar-refractivity contribution is -0.137. The van der Waals surface area contributed by atoms with Crippen LogP contribution in [0.2, 0.25) is 5.02 Å². The van der Waals surface area contributed by atoms with Crippen LogP contribution in [-0.2, 0) is 19.2 Å². The van der Waals surface area contributed by atoms with E-state index in [2.05, 4.69) is 9.27 Å². The molecule has 142 valence electrons. The summed E-state index contributed by atoms with van der Waals surface area (Å²) < 4.78 is 27.5. The Bertz CT molecular complexity index is 1000. The Labute approximate surface area is 161 Å². The molecule has 1 heterocycles. The minimum atomic E-state index is -4.10. The van der Waals surface area contributed by atoms with E-state index in [4.69, 9.17) is 22.7 Å². The second-order valence-corrected chi connectivity index (χ2v) is 7.50. The van der Waals surface area contributed by atoms with Crippen LogP contribution in [-0.4, -0.2) is 36.6 Å². The number of nitrogens with two attached hydrogens (primary N) is 1. The highest BCUT2D eigenvalue weighted by atomic mass is 35.5. The Morgan fingerprint density at radius 3 is 2.48 bits per heavy atom. The summed E-state index contributed by atoms with van der Waals surface area (Å²) in [5.41, 5.74) is 6.93. The molecule has 27 heavy (non-hydrogen) atoms. The van der Waals surface area contributed by atoms with Gasteiger partial charge in [-0.1, -0.05) is 35.9 Å². The Balaban J connectivity index is 2.61. The van der Waals surface area contributed by atoms with Crippen molar-refractivity contribution in [3.05, 3.63) is 64.4 Å². The average molecular weight is 409 g/mol. The van der Waals surface area contributed by atoms with Gasteiger partial charge in [0.1, 0.15) is 0 Å². The lowest BCUT2D eigenvalue weighted by Gasteiger charge is -2.19. The van der Waals surface area contributed by atoms with E-state index in [0.29, 0.717) is 16.1 Å². The summed E-state index contributed by atoms with van der Waals surface area (Å²) in [5, 5.41) is 8.07. The van der Waals surface area contributed by atoms with E-state index in [-0.39, 0.29) is 10.6 Å². The molecule has 0 radical (unpaired) electrons. The molecule has 8 nitrogen and oxygen atoms in total. The molecule has 0 fully saturated rings. The summed E-state index contributed by atoms with van der Waals surface area (Å²) in [5.74, 6) is -1.85. The van der Waals surface area contributed by atoms with Crippen LogP contribution in [0.15, 0.2) is 42.6 Å². The molecule has 0 saturated heterocycles. The first-order chi connectivity index (χ1) is 12.6. The van der Waals surface area contributed by atoms with Crippen LogP contribution in [0.4, 0.5) is 0 Å². The van der Waals surface area contributed by atoms with Gasteiger partial charge in [-0.05, 0) is 30.7 Å². The zero-order valence-electron chi connectivity index (χ0n) is 14.5. The lowest BCUT2D eigenvalue weighted by atomic mass is 10.0. The molecule has 0 bridgehead atoms. The van der Waals surface area contributed by atoms with Crippen LogP contribution >= 0.6 is 11.6 Å². The number of carbonyl (C=O) groups excluding carboxylic acids is 1. The minimum absolute atomic E-state index is 0.00514. The summed E-state index contributed by atoms with van der Waals surface area (Å²) in [6, 6.07) is 10.1. The van der Waals surface area contributed by atoms with Gasteiger partial charge < -0.3 is 5.73 Å². The van der Waals surface area contributed by atoms with Crippen molar-refractivity contribution < 1.29 is 17.5 Å². The van der Waals surface area contributed by atoms with Gasteiger partial charge in [-0.2, -0.15) is 8.42 Å². The summed E-state index contributed by atoms with van der Waals surface area (Å²) in [4.78, 5) is 17.1. The number of hydrogen-bond acceptors (Lipinski definition) is 6. The Kier molecular flexibility index (Phi) is 6.32. The topological polar surface area (TPSA) is 126 Å². The van der Waals surface area contributed by atoms with Crippen molar-refractivity contribution in [3.8, 4) is 0 Å². The molecule has 1 amide bonds. The second kappa shape index (κ2) is 8.30. The number of nitrogens with zero attached hydrogens (tertiary/aromatic N) is 2. The number of hydroxylamine groups is 2. The Morgan fingerprint density at radius 1 is 1.30 bits per heavy atom. The molecule has 3 N–H and O–H groups in total.